The van der Waals surface area contributed by atoms with Gasteiger partial charge in [0.1, 0.15) is 11.3 Å². The summed E-state index contributed by atoms with van der Waals surface area (Å²) in [6.07, 6.45) is 6.67. The number of ether oxygens (including phenoxy) is 1. The summed E-state index contributed by atoms with van der Waals surface area (Å²) < 4.78 is 7.90. The molecule has 3 aromatic heterocycles. The van der Waals surface area contributed by atoms with Gasteiger partial charge in [0, 0.05) is 30.4 Å². The van der Waals surface area contributed by atoms with Gasteiger partial charge in [-0.3, -0.25) is 15.1 Å². The van der Waals surface area contributed by atoms with E-state index in [1.807, 2.05) is 12.1 Å². The maximum Gasteiger partial charge on any atom is 0.234 e. The van der Waals surface area contributed by atoms with E-state index in [2.05, 4.69) is 37.8 Å². The molecule has 0 bridgehead atoms. The number of carbonyl (C=O) groups is 1. The molecule has 0 saturated carbocycles. The lowest BCUT2D eigenvalue weighted by molar-refractivity contribution is -0.115. The van der Waals surface area contributed by atoms with Crippen molar-refractivity contribution in [2.75, 3.05) is 11.9 Å². The zero-order valence-corrected chi connectivity index (χ0v) is 17.5. The largest absolute Gasteiger partial charge is 0.378 e. The number of nitrogens with one attached hydrogen (secondary N) is 1. The Labute approximate surface area is 184 Å². The molecule has 2 atom stereocenters. The number of benzene rings is 1. The van der Waals surface area contributed by atoms with Crippen LogP contribution in [0.3, 0.4) is 0 Å². The molecule has 0 aliphatic carbocycles. The lowest BCUT2D eigenvalue weighted by Crippen LogP contribution is -2.27. The molecule has 4 aromatic rings. The van der Waals surface area contributed by atoms with E-state index in [0.29, 0.717) is 23.5 Å². The van der Waals surface area contributed by atoms with Crippen LogP contribution in [0.2, 0.25) is 0 Å². The number of fused-ring (bicyclic) bond motifs is 3. The van der Waals surface area contributed by atoms with Crippen LogP contribution in [0.15, 0.2) is 42.9 Å². The van der Waals surface area contributed by atoms with Crippen LogP contribution in [-0.4, -0.2) is 43.1 Å². The molecular formula is C23H21N7O2. The van der Waals surface area contributed by atoms with Gasteiger partial charge in [0.2, 0.25) is 11.9 Å². The smallest absolute Gasteiger partial charge is 0.234 e. The Morgan fingerprint density at radius 3 is 2.91 bits per heavy atom. The first-order chi connectivity index (χ1) is 15.6. The van der Waals surface area contributed by atoms with E-state index in [1.54, 1.807) is 30.7 Å². The minimum absolute atomic E-state index is 0.0676. The van der Waals surface area contributed by atoms with Gasteiger partial charge in [-0.05, 0) is 44.0 Å². The molecular weight excluding hydrogens is 406 g/mol. The number of pyridine rings is 1. The van der Waals surface area contributed by atoms with Gasteiger partial charge in [-0.15, -0.1) is 0 Å². The van der Waals surface area contributed by atoms with Gasteiger partial charge in [0.15, 0.2) is 0 Å². The Morgan fingerprint density at radius 2 is 2.12 bits per heavy atom. The Morgan fingerprint density at radius 1 is 1.28 bits per heavy atom. The number of nitriles is 1. The van der Waals surface area contributed by atoms with Crippen LogP contribution < -0.4 is 5.32 Å². The maximum atomic E-state index is 12.8. The van der Waals surface area contributed by atoms with E-state index in [0.717, 1.165) is 29.3 Å². The van der Waals surface area contributed by atoms with Crippen molar-refractivity contribution < 1.29 is 9.53 Å². The Balaban J connectivity index is 1.63. The average Bonchev–Trinajstić information content (AvgIpc) is 3.17. The highest BCUT2D eigenvalue weighted by Crippen LogP contribution is 2.34. The lowest BCUT2D eigenvalue weighted by atomic mass is 10.0. The van der Waals surface area contributed by atoms with E-state index in [-0.39, 0.29) is 30.4 Å². The highest BCUT2D eigenvalue weighted by molar-refractivity contribution is 6.03. The third kappa shape index (κ3) is 3.76. The molecule has 9 heteroatoms. The second-order valence-corrected chi connectivity index (χ2v) is 7.89. The molecule has 5 rings (SSSR count). The van der Waals surface area contributed by atoms with Gasteiger partial charge >= 0.3 is 0 Å². The number of rotatable bonds is 4. The predicted octanol–water partition coefficient (Wildman–Crippen LogP) is 3.17. The Kier molecular flexibility index (Phi) is 5.21. The quantitative estimate of drug-likeness (QED) is 0.531. The van der Waals surface area contributed by atoms with Gasteiger partial charge in [0.25, 0.3) is 0 Å². The summed E-state index contributed by atoms with van der Waals surface area (Å²) in [5, 5.41) is 13.0. The highest BCUT2D eigenvalue weighted by atomic mass is 16.5. The molecule has 9 nitrogen and oxygen atoms in total. The normalized spacial score (nSPS) is 18.5. The summed E-state index contributed by atoms with van der Waals surface area (Å²) in [6.45, 7) is 2.69. The number of hydrogen-bond acceptors (Lipinski definition) is 7. The number of nitrogens with zero attached hydrogens (tertiary/aromatic N) is 6. The lowest BCUT2D eigenvalue weighted by Gasteiger charge is -2.30. The molecule has 1 aliphatic heterocycles. The maximum absolute atomic E-state index is 12.8. The molecule has 0 spiro atoms. The molecule has 1 N–H and O–H groups in total. The van der Waals surface area contributed by atoms with Crippen molar-refractivity contribution in [1.29, 1.82) is 5.26 Å². The molecule has 1 fully saturated rings. The molecule has 4 heterocycles. The molecule has 0 radical (unpaired) electrons. The summed E-state index contributed by atoms with van der Waals surface area (Å²) >= 11 is 0. The van der Waals surface area contributed by atoms with E-state index < -0.39 is 0 Å². The Hall–Kier alpha value is -3.90. The van der Waals surface area contributed by atoms with Crippen molar-refractivity contribution in [2.24, 2.45) is 0 Å². The molecule has 32 heavy (non-hydrogen) atoms. The minimum atomic E-state index is -0.247. The second kappa shape index (κ2) is 8.32. The third-order valence-electron chi connectivity index (χ3n) is 5.68. The molecule has 1 aliphatic rings. The first kappa shape index (κ1) is 20.0. The van der Waals surface area contributed by atoms with Crippen molar-refractivity contribution in [3.63, 3.8) is 0 Å². The molecule has 1 aromatic carbocycles. The Bertz CT molecular complexity index is 1340. The fourth-order valence-electron chi connectivity index (χ4n) is 4.30. The number of imidazole rings is 1. The SMILES string of the molecule is C[C@@H]1C[C@H](n2c(CC(=O)Nc3ncccn3)nc3cnc4ccc(C#N)cc4c32)CCO1. The van der Waals surface area contributed by atoms with Gasteiger partial charge in [-0.1, -0.05) is 0 Å². The fourth-order valence-corrected chi connectivity index (χ4v) is 4.30. The van der Waals surface area contributed by atoms with Crippen LogP contribution in [0.4, 0.5) is 5.95 Å². The van der Waals surface area contributed by atoms with Crippen LogP contribution in [0, 0.1) is 11.3 Å². The molecule has 1 saturated heterocycles. The van der Waals surface area contributed by atoms with Crippen molar-refractivity contribution in [2.45, 2.75) is 38.3 Å². The van der Waals surface area contributed by atoms with Gasteiger partial charge in [-0.25, -0.2) is 15.0 Å². The zero-order chi connectivity index (χ0) is 22.1. The van der Waals surface area contributed by atoms with E-state index in [9.17, 15) is 10.1 Å². The van der Waals surface area contributed by atoms with Crippen LogP contribution in [0.5, 0.6) is 0 Å². The summed E-state index contributed by atoms with van der Waals surface area (Å²) in [6, 6.07) is 9.45. The van der Waals surface area contributed by atoms with E-state index in [4.69, 9.17) is 9.72 Å². The number of carbonyl (C=O) groups excluding carboxylic acids is 1. The third-order valence-corrected chi connectivity index (χ3v) is 5.68. The predicted molar refractivity (Wildman–Crippen MR) is 118 cm³/mol. The van der Waals surface area contributed by atoms with Gasteiger partial charge < -0.3 is 9.30 Å². The number of amides is 1. The summed E-state index contributed by atoms with van der Waals surface area (Å²) in [5.74, 6) is 0.651. The van der Waals surface area contributed by atoms with Crippen LogP contribution in [0.25, 0.3) is 21.9 Å². The van der Waals surface area contributed by atoms with Crippen LogP contribution in [0.1, 0.15) is 37.2 Å². The molecule has 0 unspecified atom stereocenters. The van der Waals surface area contributed by atoms with Crippen molar-refractivity contribution in [3.05, 3.63) is 54.2 Å². The summed E-state index contributed by atoms with van der Waals surface area (Å²) in [4.78, 5) is 30.2. The topological polar surface area (TPSA) is 119 Å². The van der Waals surface area contributed by atoms with E-state index >= 15 is 0 Å². The highest BCUT2D eigenvalue weighted by Gasteiger charge is 2.27. The van der Waals surface area contributed by atoms with Gasteiger partial charge in [-0.2, -0.15) is 5.26 Å². The number of hydrogen-bond donors (Lipinski definition) is 1. The van der Waals surface area contributed by atoms with Crippen molar-refractivity contribution >= 4 is 33.8 Å². The minimum Gasteiger partial charge on any atom is -0.378 e. The van der Waals surface area contributed by atoms with Gasteiger partial charge in [0.05, 0.1) is 41.4 Å². The first-order valence-corrected chi connectivity index (χ1v) is 10.5. The molecule has 160 valence electrons. The van der Waals surface area contributed by atoms with Crippen molar-refractivity contribution in [3.8, 4) is 6.07 Å². The second-order valence-electron chi connectivity index (χ2n) is 7.89. The first-order valence-electron chi connectivity index (χ1n) is 10.5. The van der Waals surface area contributed by atoms with Crippen LogP contribution >= 0.6 is 0 Å². The van der Waals surface area contributed by atoms with E-state index in [1.165, 1.54) is 0 Å². The summed E-state index contributed by atoms with van der Waals surface area (Å²) in [5.41, 5.74) is 2.93. The number of anilines is 1. The molecule has 1 amide bonds. The standard InChI is InChI=1S/C23H21N7O2/c1-14-9-16(5-8-32-14)30-20(11-21(31)29-23-25-6-2-7-26-23)28-19-13-27-18-4-3-15(12-24)10-17(18)22(19)30/h2-4,6-7,10,13-14,16H,5,8-9,11H2,1H3,(H,25,26,29,31)/t14-,16-/m1/s1. The van der Waals surface area contributed by atoms with Crippen molar-refractivity contribution in [1.82, 2.24) is 24.5 Å². The fraction of sp³-hybridized carbons (Fsp3) is 0.304. The monoisotopic (exact) mass is 427 g/mol. The zero-order valence-electron chi connectivity index (χ0n) is 17.5. The van der Waals surface area contributed by atoms with Crippen LogP contribution in [-0.2, 0) is 16.0 Å². The summed E-state index contributed by atoms with van der Waals surface area (Å²) in [7, 11) is 0. The number of aromatic nitrogens is 5. The average molecular weight is 427 g/mol.